The molecule has 0 saturated heterocycles. The quantitative estimate of drug-likeness (QED) is 0.861. The van der Waals surface area contributed by atoms with E-state index in [2.05, 4.69) is 9.71 Å². The fraction of sp³-hybridized carbons (Fsp3) is 0.667. The van der Waals surface area contributed by atoms with Crippen molar-refractivity contribution < 1.29 is 13.5 Å². The molecule has 0 radical (unpaired) electrons. The Balaban J connectivity index is 2.93. The second-order valence-corrected chi connectivity index (χ2v) is 7.40. The summed E-state index contributed by atoms with van der Waals surface area (Å²) in [7, 11) is -3.61. The van der Waals surface area contributed by atoms with Gasteiger partial charge in [-0.2, -0.15) is 0 Å². The second-order valence-electron chi connectivity index (χ2n) is 3.91. The number of hydrogen-bond donors (Lipinski definition) is 2. The highest BCUT2D eigenvalue weighted by Gasteiger charge is 2.25. The zero-order valence-electron chi connectivity index (χ0n) is 9.77. The van der Waals surface area contributed by atoms with Crippen molar-refractivity contribution in [3.63, 3.8) is 0 Å². The van der Waals surface area contributed by atoms with Crippen LogP contribution < -0.4 is 4.72 Å². The Hall–Kier alpha value is -0.210. The van der Waals surface area contributed by atoms with E-state index in [0.717, 1.165) is 11.3 Å². The van der Waals surface area contributed by atoms with Crippen molar-refractivity contribution >= 4 is 33.0 Å². The number of halogens is 1. The lowest BCUT2D eigenvalue weighted by atomic mass is 10.1. The second kappa shape index (κ2) is 5.62. The Labute approximate surface area is 110 Å². The normalized spacial score (nSPS) is 15.8. The van der Waals surface area contributed by atoms with Crippen molar-refractivity contribution in [3.05, 3.63) is 10.2 Å². The van der Waals surface area contributed by atoms with Gasteiger partial charge in [-0.15, -0.1) is 0 Å². The van der Waals surface area contributed by atoms with Crippen molar-refractivity contribution in [2.75, 3.05) is 6.61 Å². The zero-order valence-corrected chi connectivity index (χ0v) is 12.2. The molecule has 1 heterocycles. The van der Waals surface area contributed by atoms with E-state index in [0.29, 0.717) is 5.69 Å². The van der Waals surface area contributed by atoms with Gasteiger partial charge in [0.15, 0.2) is 8.68 Å². The molecule has 2 unspecified atom stereocenters. The molecule has 0 spiro atoms. The van der Waals surface area contributed by atoms with Gasteiger partial charge in [0.1, 0.15) is 0 Å². The first kappa shape index (κ1) is 14.8. The van der Waals surface area contributed by atoms with E-state index in [1.54, 1.807) is 20.8 Å². The number of sulfonamides is 1. The van der Waals surface area contributed by atoms with Gasteiger partial charge in [-0.3, -0.25) is 0 Å². The molecule has 5 nitrogen and oxygen atoms in total. The van der Waals surface area contributed by atoms with E-state index < -0.39 is 10.0 Å². The summed E-state index contributed by atoms with van der Waals surface area (Å²) in [5.74, 6) is -0.159. The van der Waals surface area contributed by atoms with Gasteiger partial charge in [-0.1, -0.05) is 29.9 Å². The summed E-state index contributed by atoms with van der Waals surface area (Å²) in [5.41, 5.74) is 0.386. The fourth-order valence-electron chi connectivity index (χ4n) is 1.17. The molecule has 2 atom stereocenters. The van der Waals surface area contributed by atoms with Gasteiger partial charge in [0.05, 0.1) is 5.69 Å². The Bertz CT molecular complexity index is 486. The summed E-state index contributed by atoms with van der Waals surface area (Å²) < 4.78 is 26.9. The third kappa shape index (κ3) is 3.62. The Morgan fingerprint density at radius 2 is 2.12 bits per heavy atom. The van der Waals surface area contributed by atoms with E-state index in [9.17, 15) is 8.42 Å². The highest BCUT2D eigenvalue weighted by molar-refractivity contribution is 7.91. The number of nitrogens with one attached hydrogen (secondary N) is 1. The van der Waals surface area contributed by atoms with Crippen LogP contribution in [0.15, 0.2) is 4.21 Å². The van der Waals surface area contributed by atoms with Crippen LogP contribution in [0.4, 0.5) is 0 Å². The molecule has 17 heavy (non-hydrogen) atoms. The molecule has 1 aromatic rings. The van der Waals surface area contributed by atoms with Gasteiger partial charge in [-0.05, 0) is 19.8 Å². The van der Waals surface area contributed by atoms with Crippen molar-refractivity contribution in [3.8, 4) is 0 Å². The van der Waals surface area contributed by atoms with E-state index in [4.69, 9.17) is 16.7 Å². The van der Waals surface area contributed by atoms with Crippen LogP contribution in [0.25, 0.3) is 0 Å². The van der Waals surface area contributed by atoms with Gasteiger partial charge >= 0.3 is 0 Å². The predicted molar refractivity (Wildman–Crippen MR) is 67.9 cm³/mol. The molecule has 0 aliphatic heterocycles. The van der Waals surface area contributed by atoms with Crippen molar-refractivity contribution in [2.24, 2.45) is 5.92 Å². The lowest BCUT2D eigenvalue weighted by Gasteiger charge is -2.18. The third-order valence-electron chi connectivity index (χ3n) is 2.45. The number of nitrogens with zero attached hydrogens (tertiary/aromatic N) is 1. The molecule has 1 rings (SSSR count). The molecule has 0 aliphatic rings. The van der Waals surface area contributed by atoms with Gasteiger partial charge in [-0.25, -0.2) is 18.1 Å². The van der Waals surface area contributed by atoms with Crippen LogP contribution in [0.2, 0.25) is 4.47 Å². The standard InChI is InChI=1S/C9H15ClN2O3S2/c1-5(4-13)6(2)12-17(14,15)8-7(3)11-9(10)16-8/h5-6,12-13H,4H2,1-3H3. The molecular formula is C9H15ClN2O3S2. The topological polar surface area (TPSA) is 79.3 Å². The van der Waals surface area contributed by atoms with E-state index in [1.165, 1.54) is 0 Å². The first-order valence-electron chi connectivity index (χ1n) is 5.04. The third-order valence-corrected chi connectivity index (χ3v) is 5.88. The molecule has 0 aromatic carbocycles. The zero-order chi connectivity index (χ0) is 13.2. The highest BCUT2D eigenvalue weighted by Crippen LogP contribution is 2.26. The average Bonchev–Trinajstić information content (AvgIpc) is 2.56. The Kier molecular flexibility index (Phi) is 4.91. The number of thiazole rings is 1. The molecule has 0 saturated carbocycles. The molecule has 0 aliphatic carbocycles. The van der Waals surface area contributed by atoms with Crippen LogP contribution in [0, 0.1) is 12.8 Å². The summed E-state index contributed by atoms with van der Waals surface area (Å²) in [5, 5.41) is 8.97. The predicted octanol–water partition coefficient (Wildman–Crippen LogP) is 1.40. The minimum Gasteiger partial charge on any atom is -0.396 e. The molecule has 0 bridgehead atoms. The maximum atomic E-state index is 12.0. The number of aliphatic hydroxyl groups excluding tert-OH is 1. The van der Waals surface area contributed by atoms with Gasteiger partial charge < -0.3 is 5.11 Å². The van der Waals surface area contributed by atoms with Gasteiger partial charge in [0, 0.05) is 12.6 Å². The number of aromatic nitrogens is 1. The lowest BCUT2D eigenvalue weighted by Crippen LogP contribution is -2.38. The molecule has 2 N–H and O–H groups in total. The van der Waals surface area contributed by atoms with Crippen LogP contribution in [-0.2, 0) is 10.0 Å². The Morgan fingerprint density at radius 3 is 2.53 bits per heavy atom. The molecule has 0 fully saturated rings. The van der Waals surface area contributed by atoms with Crippen LogP contribution in [0.1, 0.15) is 19.5 Å². The summed E-state index contributed by atoms with van der Waals surface area (Å²) in [6.45, 7) is 4.99. The first-order valence-corrected chi connectivity index (χ1v) is 7.71. The van der Waals surface area contributed by atoms with Crippen LogP contribution >= 0.6 is 22.9 Å². The van der Waals surface area contributed by atoms with E-state index in [-0.39, 0.29) is 27.2 Å². The maximum absolute atomic E-state index is 12.0. The van der Waals surface area contributed by atoms with Crippen molar-refractivity contribution in [1.29, 1.82) is 0 Å². The number of aliphatic hydroxyl groups is 1. The Morgan fingerprint density at radius 1 is 1.53 bits per heavy atom. The average molecular weight is 299 g/mol. The number of aryl methyl sites for hydroxylation is 1. The largest absolute Gasteiger partial charge is 0.396 e. The smallest absolute Gasteiger partial charge is 0.252 e. The molecule has 0 amide bonds. The molecular weight excluding hydrogens is 284 g/mol. The number of hydrogen-bond acceptors (Lipinski definition) is 5. The summed E-state index contributed by atoms with van der Waals surface area (Å²) in [4.78, 5) is 3.87. The number of rotatable bonds is 5. The fourth-order valence-corrected chi connectivity index (χ4v) is 4.28. The van der Waals surface area contributed by atoms with Crippen molar-refractivity contribution in [2.45, 2.75) is 31.0 Å². The van der Waals surface area contributed by atoms with Gasteiger partial charge in [0.2, 0.25) is 0 Å². The summed E-state index contributed by atoms with van der Waals surface area (Å²) in [6.07, 6.45) is 0. The lowest BCUT2D eigenvalue weighted by molar-refractivity contribution is 0.216. The van der Waals surface area contributed by atoms with Crippen LogP contribution in [0.5, 0.6) is 0 Å². The van der Waals surface area contributed by atoms with E-state index >= 15 is 0 Å². The minimum absolute atomic E-state index is 0.0773. The minimum atomic E-state index is -3.61. The molecule has 8 heteroatoms. The maximum Gasteiger partial charge on any atom is 0.252 e. The molecule has 1 aromatic heterocycles. The summed E-state index contributed by atoms with van der Waals surface area (Å²) >= 11 is 6.60. The van der Waals surface area contributed by atoms with E-state index in [1.807, 2.05) is 0 Å². The van der Waals surface area contributed by atoms with Crippen LogP contribution in [0.3, 0.4) is 0 Å². The highest BCUT2D eigenvalue weighted by atomic mass is 35.5. The monoisotopic (exact) mass is 298 g/mol. The van der Waals surface area contributed by atoms with Gasteiger partial charge in [0.25, 0.3) is 10.0 Å². The summed E-state index contributed by atoms with van der Waals surface area (Å²) in [6, 6.07) is -0.356. The SMILES string of the molecule is Cc1nc(Cl)sc1S(=O)(=O)NC(C)C(C)CO. The van der Waals surface area contributed by atoms with Crippen LogP contribution in [-0.4, -0.2) is 31.2 Å². The van der Waals surface area contributed by atoms with Crippen molar-refractivity contribution in [1.82, 2.24) is 9.71 Å². The first-order chi connectivity index (χ1) is 7.77. The molecule has 98 valence electrons.